The van der Waals surface area contributed by atoms with E-state index in [-0.39, 0.29) is 11.3 Å². The average molecular weight is 336 g/mol. The molecule has 2 N–H and O–H groups in total. The molecule has 25 heavy (non-hydrogen) atoms. The molecule has 0 bridgehead atoms. The van der Waals surface area contributed by atoms with Gasteiger partial charge in [0.1, 0.15) is 0 Å². The summed E-state index contributed by atoms with van der Waals surface area (Å²) in [5, 5.41) is 8.78. The molecule has 0 unspecified atom stereocenters. The van der Waals surface area contributed by atoms with E-state index in [1.807, 2.05) is 47.4 Å². The van der Waals surface area contributed by atoms with E-state index in [2.05, 4.69) is 0 Å². The quantitative estimate of drug-likeness (QED) is 0.654. The lowest BCUT2D eigenvalue weighted by atomic mass is 9.70. The van der Waals surface area contributed by atoms with Crippen molar-refractivity contribution in [2.75, 3.05) is 11.4 Å². The van der Waals surface area contributed by atoms with Crippen LogP contribution in [0.1, 0.15) is 34.3 Å². The Morgan fingerprint density at radius 1 is 1.08 bits per heavy atom. The first kappa shape index (κ1) is 15.8. The minimum Gasteiger partial charge on any atom is -0.312 e. The van der Waals surface area contributed by atoms with Crippen LogP contribution in [0.4, 0.5) is 5.69 Å². The van der Waals surface area contributed by atoms with Gasteiger partial charge in [-0.2, -0.15) is 0 Å². The number of nitrogens with zero attached hydrogens (tertiary/aromatic N) is 1. The van der Waals surface area contributed by atoms with Crippen molar-refractivity contribution in [1.82, 2.24) is 5.48 Å². The van der Waals surface area contributed by atoms with E-state index in [9.17, 15) is 9.59 Å². The zero-order chi connectivity index (χ0) is 17.4. The van der Waals surface area contributed by atoms with Gasteiger partial charge < -0.3 is 4.90 Å². The molecule has 1 aliphatic heterocycles. The van der Waals surface area contributed by atoms with E-state index in [0.717, 1.165) is 42.6 Å². The number of fused-ring (bicyclic) bond motifs is 1. The van der Waals surface area contributed by atoms with Crippen LogP contribution in [0.3, 0.4) is 0 Å². The van der Waals surface area contributed by atoms with Crippen molar-refractivity contribution >= 4 is 17.5 Å². The third-order valence-electron chi connectivity index (χ3n) is 5.55. The van der Waals surface area contributed by atoms with Crippen molar-refractivity contribution in [1.29, 1.82) is 0 Å². The number of rotatable bonds is 2. The van der Waals surface area contributed by atoms with E-state index in [0.29, 0.717) is 12.0 Å². The van der Waals surface area contributed by atoms with Gasteiger partial charge >= 0.3 is 0 Å². The zero-order valence-corrected chi connectivity index (χ0v) is 13.9. The van der Waals surface area contributed by atoms with Gasteiger partial charge in [-0.1, -0.05) is 24.3 Å². The van der Waals surface area contributed by atoms with Gasteiger partial charge in [-0.05, 0) is 61.1 Å². The maximum atomic E-state index is 13.1. The summed E-state index contributed by atoms with van der Waals surface area (Å²) in [6, 6.07) is 15.3. The van der Waals surface area contributed by atoms with Crippen LogP contribution in [0.25, 0.3) is 0 Å². The van der Waals surface area contributed by atoms with E-state index < -0.39 is 5.91 Å². The Balaban J connectivity index is 1.60. The van der Waals surface area contributed by atoms with Crippen LogP contribution in [0.5, 0.6) is 0 Å². The molecule has 1 saturated heterocycles. The standard InChI is InChI=1S/C20H20N2O3/c23-18(21-25)15-6-7-16-13-20(9-8-14(16)12-15)10-11-22(19(20)24)17-4-2-1-3-5-17/h1-7,12,25H,8-11,13H2,(H,21,23)/t20-/m1/s1. The zero-order valence-electron chi connectivity index (χ0n) is 13.9. The molecule has 5 nitrogen and oxygen atoms in total. The molecule has 4 rings (SSSR count). The van der Waals surface area contributed by atoms with Crippen molar-refractivity contribution in [2.45, 2.75) is 25.7 Å². The average Bonchev–Trinajstić information content (AvgIpc) is 2.97. The molecule has 1 heterocycles. The molecule has 1 fully saturated rings. The summed E-state index contributed by atoms with van der Waals surface area (Å²) in [6.07, 6.45) is 3.15. The number of hydrogen-bond donors (Lipinski definition) is 2. The minimum absolute atomic E-state index is 0.210. The van der Waals surface area contributed by atoms with Crippen LogP contribution >= 0.6 is 0 Å². The molecule has 2 aromatic rings. The minimum atomic E-state index is -0.504. The smallest absolute Gasteiger partial charge is 0.274 e. The molecule has 1 spiro atoms. The second kappa shape index (κ2) is 6.01. The number of nitrogens with one attached hydrogen (secondary N) is 1. The topological polar surface area (TPSA) is 69.6 Å². The van der Waals surface area contributed by atoms with Crippen LogP contribution in [0.2, 0.25) is 0 Å². The molecule has 2 aromatic carbocycles. The molecule has 5 heteroatoms. The van der Waals surface area contributed by atoms with Gasteiger partial charge in [0.15, 0.2) is 0 Å². The van der Waals surface area contributed by atoms with Crippen molar-refractivity contribution in [3.8, 4) is 0 Å². The molecule has 1 aliphatic carbocycles. The number of anilines is 1. The van der Waals surface area contributed by atoms with Crippen LogP contribution < -0.4 is 10.4 Å². The highest BCUT2D eigenvalue weighted by molar-refractivity contribution is 6.00. The van der Waals surface area contributed by atoms with Crippen molar-refractivity contribution in [3.63, 3.8) is 0 Å². The summed E-state index contributed by atoms with van der Waals surface area (Å²) in [5.74, 6) is -0.295. The maximum Gasteiger partial charge on any atom is 0.274 e. The monoisotopic (exact) mass is 336 g/mol. The normalized spacial score (nSPS) is 22.1. The fourth-order valence-corrected chi connectivity index (χ4v) is 4.13. The van der Waals surface area contributed by atoms with Crippen LogP contribution in [-0.4, -0.2) is 23.6 Å². The maximum absolute atomic E-state index is 13.1. The van der Waals surface area contributed by atoms with Crippen LogP contribution in [0.15, 0.2) is 48.5 Å². The first-order valence-corrected chi connectivity index (χ1v) is 8.56. The Morgan fingerprint density at radius 2 is 1.88 bits per heavy atom. The summed E-state index contributed by atoms with van der Waals surface area (Å²) in [6.45, 7) is 0.753. The molecule has 0 saturated carbocycles. The summed E-state index contributed by atoms with van der Waals surface area (Å²) in [5.41, 5.74) is 4.97. The third-order valence-corrected chi connectivity index (χ3v) is 5.55. The van der Waals surface area contributed by atoms with E-state index >= 15 is 0 Å². The molecule has 2 amide bonds. The molecule has 1 atom stereocenters. The number of hydrogen-bond acceptors (Lipinski definition) is 3. The number of benzene rings is 2. The number of aryl methyl sites for hydroxylation is 1. The van der Waals surface area contributed by atoms with Gasteiger partial charge in [0, 0.05) is 17.8 Å². The lowest BCUT2D eigenvalue weighted by Gasteiger charge is -2.33. The second-order valence-corrected chi connectivity index (χ2v) is 6.92. The highest BCUT2D eigenvalue weighted by atomic mass is 16.5. The lowest BCUT2D eigenvalue weighted by molar-refractivity contribution is -0.126. The van der Waals surface area contributed by atoms with Gasteiger partial charge in [-0.25, -0.2) is 5.48 Å². The first-order valence-electron chi connectivity index (χ1n) is 8.56. The van der Waals surface area contributed by atoms with Gasteiger partial charge in [0.25, 0.3) is 5.91 Å². The SMILES string of the molecule is O=C(NO)c1ccc2c(c1)CC[C@@]1(CCN(c3ccccc3)C1=O)C2. The van der Waals surface area contributed by atoms with Gasteiger partial charge in [-0.3, -0.25) is 14.8 Å². The molecular weight excluding hydrogens is 316 g/mol. The number of amides is 2. The number of carbonyl (C=O) groups is 2. The Morgan fingerprint density at radius 3 is 2.64 bits per heavy atom. The number of para-hydroxylation sites is 1. The van der Waals surface area contributed by atoms with E-state index in [4.69, 9.17) is 5.21 Å². The number of carbonyl (C=O) groups excluding carboxylic acids is 2. The van der Waals surface area contributed by atoms with Crippen molar-refractivity contribution in [2.24, 2.45) is 5.41 Å². The van der Waals surface area contributed by atoms with Crippen LogP contribution in [-0.2, 0) is 17.6 Å². The third kappa shape index (κ3) is 2.61. The van der Waals surface area contributed by atoms with Crippen LogP contribution in [0, 0.1) is 5.41 Å². The molecule has 0 radical (unpaired) electrons. The van der Waals surface area contributed by atoms with Crippen molar-refractivity contribution in [3.05, 3.63) is 65.2 Å². The summed E-state index contributed by atoms with van der Waals surface area (Å²) >= 11 is 0. The highest BCUT2D eigenvalue weighted by Crippen LogP contribution is 2.45. The molecule has 2 aliphatic rings. The summed E-state index contributed by atoms with van der Waals surface area (Å²) in [7, 11) is 0. The van der Waals surface area contributed by atoms with E-state index in [1.165, 1.54) is 0 Å². The summed E-state index contributed by atoms with van der Waals surface area (Å²) < 4.78 is 0. The van der Waals surface area contributed by atoms with Crippen molar-refractivity contribution < 1.29 is 14.8 Å². The predicted molar refractivity (Wildman–Crippen MR) is 93.6 cm³/mol. The fourth-order valence-electron chi connectivity index (χ4n) is 4.13. The van der Waals surface area contributed by atoms with Gasteiger partial charge in [0.2, 0.25) is 5.91 Å². The largest absolute Gasteiger partial charge is 0.312 e. The summed E-state index contributed by atoms with van der Waals surface area (Å²) in [4.78, 5) is 26.6. The predicted octanol–water partition coefficient (Wildman–Crippen LogP) is 2.72. The first-order chi connectivity index (χ1) is 12.1. The lowest BCUT2D eigenvalue weighted by Crippen LogP contribution is -2.38. The second-order valence-electron chi connectivity index (χ2n) is 6.92. The Hall–Kier alpha value is -2.66. The fraction of sp³-hybridized carbons (Fsp3) is 0.300. The Bertz CT molecular complexity index is 834. The molecular formula is C20H20N2O3. The molecule has 0 aromatic heterocycles. The van der Waals surface area contributed by atoms with Gasteiger partial charge in [0.05, 0.1) is 5.41 Å². The Kier molecular flexibility index (Phi) is 3.81. The number of hydroxylamine groups is 1. The Labute approximate surface area is 146 Å². The van der Waals surface area contributed by atoms with Gasteiger partial charge in [-0.15, -0.1) is 0 Å². The molecule has 128 valence electrons. The van der Waals surface area contributed by atoms with E-state index in [1.54, 1.807) is 11.5 Å². The highest BCUT2D eigenvalue weighted by Gasteiger charge is 2.48.